The van der Waals surface area contributed by atoms with Crippen molar-refractivity contribution >= 4 is 11.9 Å². The summed E-state index contributed by atoms with van der Waals surface area (Å²) in [5.41, 5.74) is 0.776. The third-order valence-electron chi connectivity index (χ3n) is 2.79. The Kier molecular flexibility index (Phi) is 9.38. The first kappa shape index (κ1) is 18.4. The average Bonchev–Trinajstić information content (AvgIpc) is 2.40. The topological polar surface area (TPSA) is 83.8 Å². The molecular formula is C15H24O5. The van der Waals surface area contributed by atoms with Gasteiger partial charge in [-0.2, -0.15) is 0 Å². The molecular weight excluding hydrogens is 260 g/mol. The van der Waals surface area contributed by atoms with Gasteiger partial charge in [0.2, 0.25) is 0 Å². The minimum absolute atomic E-state index is 0.156. The minimum atomic E-state index is -0.969. The summed E-state index contributed by atoms with van der Waals surface area (Å²) in [6, 6.07) is 0. The fourth-order valence-corrected chi connectivity index (χ4v) is 1.41. The van der Waals surface area contributed by atoms with Gasteiger partial charge in [-0.15, -0.1) is 0 Å². The van der Waals surface area contributed by atoms with Crippen LogP contribution in [0.25, 0.3) is 0 Å². The Morgan fingerprint density at radius 1 is 1.15 bits per heavy atom. The van der Waals surface area contributed by atoms with E-state index in [1.165, 1.54) is 6.92 Å². The number of carboxylic acids is 1. The lowest BCUT2D eigenvalue weighted by Crippen LogP contribution is -2.15. The number of carboxylic acid groups (broad SMARTS) is 1. The highest BCUT2D eigenvalue weighted by molar-refractivity contribution is 5.88. The van der Waals surface area contributed by atoms with Crippen molar-refractivity contribution in [1.82, 2.24) is 0 Å². The van der Waals surface area contributed by atoms with E-state index in [0.717, 1.165) is 12.8 Å². The van der Waals surface area contributed by atoms with Crippen molar-refractivity contribution < 1.29 is 24.5 Å². The SMILES string of the molecule is CC(=CCC(C)OC(=O)C(C)=CCCCCO)C(=O)O. The largest absolute Gasteiger partial charge is 0.478 e. The predicted octanol–water partition coefficient (Wildman–Crippen LogP) is 2.45. The third kappa shape index (κ3) is 8.48. The molecule has 5 heteroatoms. The molecule has 1 unspecified atom stereocenters. The summed E-state index contributed by atoms with van der Waals surface area (Å²) in [4.78, 5) is 22.3. The Labute approximate surface area is 119 Å². The standard InChI is InChI=1S/C15H24O5/c1-11(14(17)18)8-9-13(3)20-15(19)12(2)7-5-4-6-10-16/h7-8,13,16H,4-6,9-10H2,1-3H3,(H,17,18). The van der Waals surface area contributed by atoms with Crippen LogP contribution in [0.5, 0.6) is 0 Å². The summed E-state index contributed by atoms with van der Waals surface area (Å²) in [5, 5.41) is 17.3. The molecule has 1 atom stereocenters. The molecule has 0 radical (unpaired) electrons. The van der Waals surface area contributed by atoms with Crippen LogP contribution in [-0.4, -0.2) is 34.9 Å². The van der Waals surface area contributed by atoms with E-state index in [1.54, 1.807) is 26.0 Å². The first-order valence-electron chi connectivity index (χ1n) is 6.77. The number of unbranched alkanes of at least 4 members (excludes halogenated alkanes) is 2. The van der Waals surface area contributed by atoms with Gasteiger partial charge in [0, 0.05) is 24.2 Å². The van der Waals surface area contributed by atoms with Gasteiger partial charge in [-0.1, -0.05) is 12.2 Å². The summed E-state index contributed by atoms with van der Waals surface area (Å²) in [6.07, 6.45) is 5.63. The molecule has 0 aliphatic carbocycles. The zero-order chi connectivity index (χ0) is 15.5. The van der Waals surface area contributed by atoms with Gasteiger partial charge in [-0.25, -0.2) is 9.59 Å². The Balaban J connectivity index is 4.18. The zero-order valence-corrected chi connectivity index (χ0v) is 12.4. The lowest BCUT2D eigenvalue weighted by molar-refractivity contribution is -0.143. The molecule has 0 aliphatic rings. The maximum absolute atomic E-state index is 11.7. The lowest BCUT2D eigenvalue weighted by atomic mass is 10.1. The van der Waals surface area contributed by atoms with E-state index in [1.807, 2.05) is 0 Å². The van der Waals surface area contributed by atoms with Crippen molar-refractivity contribution in [2.24, 2.45) is 0 Å². The Morgan fingerprint density at radius 3 is 2.35 bits per heavy atom. The number of hydrogen-bond acceptors (Lipinski definition) is 4. The highest BCUT2D eigenvalue weighted by atomic mass is 16.5. The first-order chi connectivity index (χ1) is 9.38. The molecule has 2 N–H and O–H groups in total. The van der Waals surface area contributed by atoms with Crippen LogP contribution in [0.2, 0.25) is 0 Å². The monoisotopic (exact) mass is 284 g/mol. The fraction of sp³-hybridized carbons (Fsp3) is 0.600. The molecule has 0 aromatic rings. The number of rotatable bonds is 9. The molecule has 0 saturated heterocycles. The number of aliphatic carboxylic acids is 1. The maximum Gasteiger partial charge on any atom is 0.333 e. The predicted molar refractivity (Wildman–Crippen MR) is 76.3 cm³/mol. The second kappa shape index (κ2) is 10.2. The van der Waals surface area contributed by atoms with E-state index < -0.39 is 5.97 Å². The van der Waals surface area contributed by atoms with Crippen LogP contribution >= 0.6 is 0 Å². The third-order valence-corrected chi connectivity index (χ3v) is 2.79. The van der Waals surface area contributed by atoms with Gasteiger partial charge < -0.3 is 14.9 Å². The number of aliphatic hydroxyl groups excluding tert-OH is 1. The molecule has 5 nitrogen and oxygen atoms in total. The molecule has 0 heterocycles. The Hall–Kier alpha value is -1.62. The van der Waals surface area contributed by atoms with Gasteiger partial charge in [-0.05, 0) is 40.0 Å². The van der Waals surface area contributed by atoms with Crippen molar-refractivity contribution in [3.63, 3.8) is 0 Å². The van der Waals surface area contributed by atoms with Crippen LogP contribution in [0.3, 0.4) is 0 Å². The van der Waals surface area contributed by atoms with Crippen LogP contribution in [-0.2, 0) is 14.3 Å². The molecule has 0 spiro atoms. The second-order valence-electron chi connectivity index (χ2n) is 4.75. The highest BCUT2D eigenvalue weighted by Crippen LogP contribution is 2.08. The molecule has 0 amide bonds. The van der Waals surface area contributed by atoms with E-state index in [2.05, 4.69) is 0 Å². The maximum atomic E-state index is 11.7. The molecule has 0 aliphatic heterocycles. The Bertz CT molecular complexity index is 382. The van der Waals surface area contributed by atoms with Gasteiger partial charge in [-0.3, -0.25) is 0 Å². The van der Waals surface area contributed by atoms with Crippen LogP contribution in [0.15, 0.2) is 23.3 Å². The number of esters is 1. The number of hydrogen-bond donors (Lipinski definition) is 2. The lowest BCUT2D eigenvalue weighted by Gasteiger charge is -2.11. The van der Waals surface area contributed by atoms with E-state index in [4.69, 9.17) is 14.9 Å². The molecule has 0 rings (SSSR count). The van der Waals surface area contributed by atoms with E-state index in [0.29, 0.717) is 18.4 Å². The second-order valence-corrected chi connectivity index (χ2v) is 4.75. The average molecular weight is 284 g/mol. The van der Waals surface area contributed by atoms with Crippen LogP contribution in [0.1, 0.15) is 46.5 Å². The quantitative estimate of drug-likeness (QED) is 0.386. The molecule has 0 bridgehead atoms. The first-order valence-corrected chi connectivity index (χ1v) is 6.77. The van der Waals surface area contributed by atoms with Gasteiger partial charge >= 0.3 is 11.9 Å². The van der Waals surface area contributed by atoms with Gasteiger partial charge in [0.1, 0.15) is 6.10 Å². The Morgan fingerprint density at radius 2 is 1.80 bits per heavy atom. The summed E-state index contributed by atoms with van der Waals surface area (Å²) in [7, 11) is 0. The van der Waals surface area contributed by atoms with Crippen molar-refractivity contribution in [2.45, 2.75) is 52.6 Å². The summed E-state index contributed by atoms with van der Waals surface area (Å²) in [5.74, 6) is -1.36. The van der Waals surface area contributed by atoms with Crippen molar-refractivity contribution in [3.8, 4) is 0 Å². The number of carbonyl (C=O) groups excluding carboxylic acids is 1. The summed E-state index contributed by atoms with van der Waals surface area (Å²) in [6.45, 7) is 5.07. The highest BCUT2D eigenvalue weighted by Gasteiger charge is 2.11. The molecule has 0 fully saturated rings. The van der Waals surface area contributed by atoms with Crippen molar-refractivity contribution in [2.75, 3.05) is 6.61 Å². The van der Waals surface area contributed by atoms with Crippen LogP contribution in [0.4, 0.5) is 0 Å². The van der Waals surface area contributed by atoms with Gasteiger partial charge in [0.05, 0.1) is 0 Å². The van der Waals surface area contributed by atoms with Crippen LogP contribution in [0, 0.1) is 0 Å². The normalized spacial score (nSPS) is 14.0. The molecule has 0 saturated carbocycles. The molecule has 114 valence electrons. The molecule has 0 aromatic heterocycles. The number of ether oxygens (including phenoxy) is 1. The zero-order valence-electron chi connectivity index (χ0n) is 12.4. The van der Waals surface area contributed by atoms with E-state index >= 15 is 0 Å². The van der Waals surface area contributed by atoms with Crippen molar-refractivity contribution in [1.29, 1.82) is 0 Å². The van der Waals surface area contributed by atoms with E-state index in [9.17, 15) is 9.59 Å². The minimum Gasteiger partial charge on any atom is -0.478 e. The summed E-state index contributed by atoms with van der Waals surface area (Å²) >= 11 is 0. The molecule has 20 heavy (non-hydrogen) atoms. The van der Waals surface area contributed by atoms with E-state index in [-0.39, 0.29) is 24.3 Å². The van der Waals surface area contributed by atoms with Crippen LogP contribution < -0.4 is 0 Å². The number of carbonyl (C=O) groups is 2. The van der Waals surface area contributed by atoms with Gasteiger partial charge in [0.25, 0.3) is 0 Å². The van der Waals surface area contributed by atoms with Gasteiger partial charge in [0.15, 0.2) is 0 Å². The molecule has 0 aromatic carbocycles. The fourth-order valence-electron chi connectivity index (χ4n) is 1.41. The number of aliphatic hydroxyl groups is 1. The summed E-state index contributed by atoms with van der Waals surface area (Å²) < 4.78 is 5.21. The number of allylic oxidation sites excluding steroid dienone is 1. The smallest absolute Gasteiger partial charge is 0.333 e. The van der Waals surface area contributed by atoms with Crippen molar-refractivity contribution in [3.05, 3.63) is 23.3 Å².